The molecule has 0 N–H and O–H groups in total. The number of benzene rings is 1. The van der Waals surface area contributed by atoms with Gasteiger partial charge in [0.2, 0.25) is 0 Å². The van der Waals surface area contributed by atoms with Gasteiger partial charge in [0.05, 0.1) is 36.9 Å². The van der Waals surface area contributed by atoms with Gasteiger partial charge in [0, 0.05) is 0 Å². The minimum absolute atomic E-state index is 0.109. The Morgan fingerprint density at radius 3 is 2.85 bits per heavy atom. The molecular formula is C20H23FN2O3. The molecule has 5 nitrogen and oxygen atoms in total. The first-order valence-corrected chi connectivity index (χ1v) is 8.74. The lowest BCUT2D eigenvalue weighted by molar-refractivity contribution is -0.0536. The van der Waals surface area contributed by atoms with Gasteiger partial charge in [-0.15, -0.1) is 0 Å². The molecule has 1 aromatic rings. The first kappa shape index (κ1) is 18.4. The lowest BCUT2D eigenvalue weighted by Gasteiger charge is -2.44. The zero-order valence-corrected chi connectivity index (χ0v) is 15.3. The highest BCUT2D eigenvalue weighted by Crippen LogP contribution is 2.31. The third-order valence-corrected chi connectivity index (χ3v) is 4.49. The Morgan fingerprint density at radius 2 is 2.19 bits per heavy atom. The number of hydrogen-bond acceptors (Lipinski definition) is 4. The van der Waals surface area contributed by atoms with E-state index in [0.717, 1.165) is 5.57 Å². The first-order chi connectivity index (χ1) is 12.3. The predicted molar refractivity (Wildman–Crippen MR) is 94.0 cm³/mol. The summed E-state index contributed by atoms with van der Waals surface area (Å²) in [7, 11) is 0. The Bertz CT molecular complexity index is 776. The number of rotatable bonds is 2. The number of fused-ring (bicyclic) bond motifs is 2. The van der Waals surface area contributed by atoms with E-state index in [9.17, 15) is 14.4 Å². The monoisotopic (exact) mass is 358 g/mol. The second kappa shape index (κ2) is 7.08. The van der Waals surface area contributed by atoms with E-state index in [1.165, 1.54) is 18.2 Å². The summed E-state index contributed by atoms with van der Waals surface area (Å²) in [4.78, 5) is 14.3. The van der Waals surface area contributed by atoms with Crippen LogP contribution in [0.4, 0.5) is 9.18 Å². The molecule has 1 aromatic carbocycles. The maximum absolute atomic E-state index is 13.6. The average Bonchev–Trinajstić information content (AvgIpc) is 2.52. The molecule has 2 bridgehead atoms. The molecule has 6 heteroatoms. The maximum atomic E-state index is 13.6. The van der Waals surface area contributed by atoms with Crippen molar-refractivity contribution in [3.05, 3.63) is 46.8 Å². The molecule has 1 amide bonds. The van der Waals surface area contributed by atoms with Crippen LogP contribution in [0.3, 0.4) is 0 Å². The zero-order chi connectivity index (χ0) is 18.9. The van der Waals surface area contributed by atoms with Crippen LogP contribution in [0.25, 0.3) is 0 Å². The molecule has 2 atom stereocenters. The van der Waals surface area contributed by atoms with Crippen molar-refractivity contribution in [2.24, 2.45) is 0 Å². The Hall–Kier alpha value is -2.39. The molecule has 1 saturated heterocycles. The van der Waals surface area contributed by atoms with Gasteiger partial charge in [0.15, 0.2) is 0 Å². The summed E-state index contributed by atoms with van der Waals surface area (Å²) < 4.78 is 24.7. The van der Waals surface area contributed by atoms with E-state index in [0.29, 0.717) is 37.2 Å². The predicted octanol–water partition coefficient (Wildman–Crippen LogP) is 3.57. The molecule has 0 aromatic heterocycles. The number of morpholine rings is 1. The Balaban J connectivity index is 1.82. The van der Waals surface area contributed by atoms with Gasteiger partial charge in [-0.1, -0.05) is 11.6 Å². The van der Waals surface area contributed by atoms with Crippen LogP contribution in [0.1, 0.15) is 38.3 Å². The van der Waals surface area contributed by atoms with Crippen molar-refractivity contribution in [1.82, 2.24) is 4.90 Å². The second-order valence-corrected chi connectivity index (χ2v) is 7.77. The number of carbonyl (C=O) groups excluding carboxylic acids is 1. The third kappa shape index (κ3) is 4.05. The van der Waals surface area contributed by atoms with E-state index < -0.39 is 5.60 Å². The normalized spacial score (nSPS) is 22.4. The van der Waals surface area contributed by atoms with E-state index in [2.05, 4.69) is 6.07 Å². The quantitative estimate of drug-likeness (QED) is 0.758. The van der Waals surface area contributed by atoms with E-state index >= 15 is 0 Å². The molecule has 2 heterocycles. The van der Waals surface area contributed by atoms with Gasteiger partial charge in [-0.2, -0.15) is 5.26 Å². The molecule has 0 saturated carbocycles. The third-order valence-electron chi connectivity index (χ3n) is 4.49. The largest absolute Gasteiger partial charge is 0.444 e. The SMILES string of the molecule is CC(C)(C)OC(=O)N1C2C=C(Cc3cc(F)ccc3C#N)CC1COC2. The highest BCUT2D eigenvalue weighted by Gasteiger charge is 2.39. The number of ether oxygens (including phenoxy) is 2. The van der Waals surface area contributed by atoms with Gasteiger partial charge < -0.3 is 9.47 Å². The average molecular weight is 358 g/mol. The fourth-order valence-corrected chi connectivity index (χ4v) is 3.48. The van der Waals surface area contributed by atoms with Gasteiger partial charge in [-0.05, 0) is 57.4 Å². The van der Waals surface area contributed by atoms with Crippen molar-refractivity contribution >= 4 is 6.09 Å². The fourth-order valence-electron chi connectivity index (χ4n) is 3.48. The summed E-state index contributed by atoms with van der Waals surface area (Å²) in [5.74, 6) is -0.352. The summed E-state index contributed by atoms with van der Waals surface area (Å²) in [5.41, 5.74) is 1.68. The van der Waals surface area contributed by atoms with Gasteiger partial charge >= 0.3 is 6.09 Å². The molecule has 0 radical (unpaired) electrons. The van der Waals surface area contributed by atoms with Crippen molar-refractivity contribution in [1.29, 1.82) is 5.26 Å². The van der Waals surface area contributed by atoms with Crippen LogP contribution in [-0.2, 0) is 15.9 Å². The Morgan fingerprint density at radius 1 is 1.42 bits per heavy atom. The Kier molecular flexibility index (Phi) is 5.01. The summed E-state index contributed by atoms with van der Waals surface area (Å²) in [6, 6.07) is 6.01. The van der Waals surface area contributed by atoms with Gasteiger partial charge in [0.25, 0.3) is 0 Å². The number of amides is 1. The lowest BCUT2D eigenvalue weighted by Crippen LogP contribution is -2.57. The van der Waals surface area contributed by atoms with Crippen molar-refractivity contribution in [3.8, 4) is 6.07 Å². The van der Waals surface area contributed by atoms with Crippen LogP contribution in [0.2, 0.25) is 0 Å². The van der Waals surface area contributed by atoms with Gasteiger partial charge in [0.1, 0.15) is 11.4 Å². The summed E-state index contributed by atoms with van der Waals surface area (Å²) in [6.45, 7) is 6.39. The van der Waals surface area contributed by atoms with Crippen LogP contribution in [0, 0.1) is 17.1 Å². The molecule has 2 aliphatic heterocycles. The second-order valence-electron chi connectivity index (χ2n) is 7.77. The van der Waals surface area contributed by atoms with Crippen molar-refractivity contribution in [2.45, 2.75) is 51.3 Å². The summed E-state index contributed by atoms with van der Waals surface area (Å²) >= 11 is 0. The van der Waals surface area contributed by atoms with Gasteiger partial charge in [-0.25, -0.2) is 9.18 Å². The summed E-state index contributed by atoms with van der Waals surface area (Å²) in [5, 5.41) is 9.24. The van der Waals surface area contributed by atoms with Crippen LogP contribution in [0.15, 0.2) is 29.8 Å². The minimum atomic E-state index is -0.556. The van der Waals surface area contributed by atoms with Crippen LogP contribution in [0.5, 0.6) is 0 Å². The first-order valence-electron chi connectivity index (χ1n) is 8.74. The molecule has 138 valence electrons. The minimum Gasteiger partial charge on any atom is -0.444 e. The highest BCUT2D eigenvalue weighted by atomic mass is 19.1. The van der Waals surface area contributed by atoms with Crippen LogP contribution >= 0.6 is 0 Å². The van der Waals surface area contributed by atoms with E-state index in [1.807, 2.05) is 26.8 Å². The van der Waals surface area contributed by atoms with Gasteiger partial charge in [-0.3, -0.25) is 4.90 Å². The van der Waals surface area contributed by atoms with E-state index in [4.69, 9.17) is 9.47 Å². The van der Waals surface area contributed by atoms with Crippen molar-refractivity contribution < 1.29 is 18.7 Å². The van der Waals surface area contributed by atoms with Crippen LogP contribution < -0.4 is 0 Å². The molecule has 2 aliphatic rings. The van der Waals surface area contributed by atoms with Crippen LogP contribution in [-0.4, -0.2) is 41.9 Å². The number of halogens is 1. The molecule has 0 aliphatic carbocycles. The molecule has 0 spiro atoms. The van der Waals surface area contributed by atoms with Crippen molar-refractivity contribution in [2.75, 3.05) is 13.2 Å². The fraction of sp³-hybridized carbons (Fsp3) is 0.500. The van der Waals surface area contributed by atoms with Crippen molar-refractivity contribution in [3.63, 3.8) is 0 Å². The van der Waals surface area contributed by atoms with E-state index in [1.54, 1.807) is 4.90 Å². The number of nitrogens with zero attached hydrogens (tertiary/aromatic N) is 2. The zero-order valence-electron chi connectivity index (χ0n) is 15.3. The number of nitriles is 1. The molecule has 1 fully saturated rings. The molecular weight excluding hydrogens is 335 g/mol. The molecule has 26 heavy (non-hydrogen) atoms. The molecule has 2 unspecified atom stereocenters. The Labute approximate surface area is 153 Å². The highest BCUT2D eigenvalue weighted by molar-refractivity contribution is 5.70. The summed E-state index contributed by atoms with van der Waals surface area (Å²) in [6.07, 6.45) is 2.77. The number of hydrogen-bond donors (Lipinski definition) is 0. The van der Waals surface area contributed by atoms with E-state index in [-0.39, 0.29) is 24.0 Å². The molecule has 3 rings (SSSR count). The topological polar surface area (TPSA) is 62.6 Å². The number of carbonyl (C=O) groups is 1. The standard InChI is InChI=1S/C20H23FN2O3/c1-20(2,3)26-19(24)23-17-7-13(8-18(23)12-25-11-17)6-15-9-16(21)5-4-14(15)10-22/h4-5,7,9,17-18H,6,8,11-12H2,1-3H3. The lowest BCUT2D eigenvalue weighted by atomic mass is 9.89. The smallest absolute Gasteiger partial charge is 0.411 e. The maximum Gasteiger partial charge on any atom is 0.411 e.